The van der Waals surface area contributed by atoms with Crippen molar-refractivity contribution in [1.29, 1.82) is 0 Å². The number of aromatic nitrogens is 1. The van der Waals surface area contributed by atoms with Crippen molar-refractivity contribution >= 4 is 41.3 Å². The second kappa shape index (κ2) is 14.9. The summed E-state index contributed by atoms with van der Waals surface area (Å²) >= 11 is 1.77. The molecular formula is C16H31IN4O2S. The molecule has 0 radical (unpaired) electrons. The standard InChI is InChI=1S/C16H30N4O2S.HI/c1-5-17-16(18-8-6-10-22-12-11-21-4)19-9-7-15-13(2)20-14(3)23-15;/h5-12H2,1-4H3,(H2,17,18,19);1H. The van der Waals surface area contributed by atoms with E-state index in [1.807, 2.05) is 0 Å². The molecule has 1 heterocycles. The van der Waals surface area contributed by atoms with Crippen LogP contribution < -0.4 is 10.6 Å². The zero-order valence-electron chi connectivity index (χ0n) is 15.2. The number of ether oxygens (including phenoxy) is 2. The first-order valence-corrected chi connectivity index (χ1v) is 9.00. The lowest BCUT2D eigenvalue weighted by molar-refractivity contribution is 0.0702. The maximum atomic E-state index is 5.43. The van der Waals surface area contributed by atoms with Gasteiger partial charge in [-0.2, -0.15) is 0 Å². The van der Waals surface area contributed by atoms with Crippen LogP contribution in [0.2, 0.25) is 0 Å². The van der Waals surface area contributed by atoms with Gasteiger partial charge in [0.15, 0.2) is 5.96 Å². The molecule has 0 atom stereocenters. The van der Waals surface area contributed by atoms with Gasteiger partial charge in [0.05, 0.1) is 23.9 Å². The summed E-state index contributed by atoms with van der Waals surface area (Å²) in [6.45, 7) is 10.7. The Balaban J connectivity index is 0.00000529. The maximum absolute atomic E-state index is 5.43. The highest BCUT2D eigenvalue weighted by Crippen LogP contribution is 2.16. The van der Waals surface area contributed by atoms with E-state index in [4.69, 9.17) is 9.47 Å². The number of guanidine groups is 1. The third kappa shape index (κ3) is 10.4. The molecule has 8 heteroatoms. The van der Waals surface area contributed by atoms with Crippen molar-refractivity contribution in [2.24, 2.45) is 4.99 Å². The fourth-order valence-electron chi connectivity index (χ4n) is 2.04. The topological polar surface area (TPSA) is 67.8 Å². The number of nitrogens with one attached hydrogen (secondary N) is 2. The largest absolute Gasteiger partial charge is 0.382 e. The highest BCUT2D eigenvalue weighted by molar-refractivity contribution is 14.0. The Morgan fingerprint density at radius 2 is 2.00 bits per heavy atom. The molecule has 0 bridgehead atoms. The molecule has 6 nitrogen and oxygen atoms in total. The number of thiazole rings is 1. The second-order valence-electron chi connectivity index (χ2n) is 5.14. The van der Waals surface area contributed by atoms with Gasteiger partial charge in [-0.3, -0.25) is 4.99 Å². The van der Waals surface area contributed by atoms with E-state index in [9.17, 15) is 0 Å². The predicted octanol–water partition coefficient (Wildman–Crippen LogP) is 2.53. The number of aliphatic imine (C=N–C) groups is 1. The third-order valence-electron chi connectivity index (χ3n) is 3.14. The third-order valence-corrected chi connectivity index (χ3v) is 4.27. The van der Waals surface area contributed by atoms with Crippen molar-refractivity contribution in [1.82, 2.24) is 15.6 Å². The summed E-state index contributed by atoms with van der Waals surface area (Å²) in [7, 11) is 1.68. The lowest BCUT2D eigenvalue weighted by atomic mass is 10.3. The normalized spacial score (nSPS) is 11.2. The Morgan fingerprint density at radius 1 is 1.21 bits per heavy atom. The maximum Gasteiger partial charge on any atom is 0.191 e. The van der Waals surface area contributed by atoms with Gasteiger partial charge in [-0.25, -0.2) is 4.98 Å². The van der Waals surface area contributed by atoms with E-state index < -0.39 is 0 Å². The van der Waals surface area contributed by atoms with Crippen LogP contribution in [0.5, 0.6) is 0 Å². The molecule has 1 aromatic heterocycles. The highest BCUT2D eigenvalue weighted by atomic mass is 127. The summed E-state index contributed by atoms with van der Waals surface area (Å²) in [4.78, 5) is 10.4. The van der Waals surface area contributed by atoms with Crippen molar-refractivity contribution in [3.8, 4) is 0 Å². The van der Waals surface area contributed by atoms with Crippen LogP contribution >= 0.6 is 35.3 Å². The molecule has 24 heavy (non-hydrogen) atoms. The zero-order valence-corrected chi connectivity index (χ0v) is 18.3. The van der Waals surface area contributed by atoms with E-state index in [-0.39, 0.29) is 24.0 Å². The summed E-state index contributed by atoms with van der Waals surface area (Å²) < 4.78 is 10.4. The van der Waals surface area contributed by atoms with Crippen molar-refractivity contribution in [3.05, 3.63) is 15.6 Å². The van der Waals surface area contributed by atoms with Gasteiger partial charge in [-0.05, 0) is 27.2 Å². The van der Waals surface area contributed by atoms with Gasteiger partial charge in [0.25, 0.3) is 0 Å². The average molecular weight is 470 g/mol. The molecule has 0 aliphatic rings. The molecule has 0 saturated heterocycles. The number of halogens is 1. The molecule has 1 rings (SSSR count). The number of hydrogen-bond acceptors (Lipinski definition) is 5. The van der Waals surface area contributed by atoms with Crippen molar-refractivity contribution in [3.63, 3.8) is 0 Å². The average Bonchev–Trinajstić information content (AvgIpc) is 2.84. The van der Waals surface area contributed by atoms with Crippen molar-refractivity contribution in [2.75, 3.05) is 46.6 Å². The Kier molecular flexibility index (Phi) is 14.6. The molecule has 0 unspecified atom stereocenters. The van der Waals surface area contributed by atoms with Gasteiger partial charge >= 0.3 is 0 Å². The minimum Gasteiger partial charge on any atom is -0.382 e. The molecule has 0 aromatic carbocycles. The van der Waals surface area contributed by atoms with Gasteiger partial charge < -0.3 is 20.1 Å². The van der Waals surface area contributed by atoms with Crippen LogP contribution in [-0.4, -0.2) is 57.5 Å². The molecule has 0 spiro atoms. The summed E-state index contributed by atoms with van der Waals surface area (Å²) in [6.07, 6.45) is 1.88. The van der Waals surface area contributed by atoms with E-state index in [1.54, 1.807) is 18.4 Å². The van der Waals surface area contributed by atoms with Gasteiger partial charge in [0.1, 0.15) is 0 Å². The summed E-state index contributed by atoms with van der Waals surface area (Å²) in [5, 5.41) is 7.77. The quantitative estimate of drug-likeness (QED) is 0.225. The van der Waals surface area contributed by atoms with Crippen LogP contribution in [0.25, 0.3) is 0 Å². The monoisotopic (exact) mass is 470 g/mol. The number of rotatable bonds is 11. The highest BCUT2D eigenvalue weighted by Gasteiger charge is 2.05. The molecule has 1 aromatic rings. The molecule has 0 fully saturated rings. The first-order valence-electron chi connectivity index (χ1n) is 8.19. The van der Waals surface area contributed by atoms with E-state index in [1.165, 1.54) is 4.88 Å². The Morgan fingerprint density at radius 3 is 2.62 bits per heavy atom. The lowest BCUT2D eigenvalue weighted by Gasteiger charge is -2.11. The summed E-state index contributed by atoms with van der Waals surface area (Å²) in [5.41, 5.74) is 1.14. The minimum atomic E-state index is 0. The zero-order chi connectivity index (χ0) is 16.9. The van der Waals surface area contributed by atoms with E-state index in [2.05, 4.69) is 41.4 Å². The van der Waals surface area contributed by atoms with Crippen molar-refractivity contribution < 1.29 is 9.47 Å². The van der Waals surface area contributed by atoms with Gasteiger partial charge in [-0.1, -0.05) is 0 Å². The van der Waals surface area contributed by atoms with Crippen LogP contribution in [0.1, 0.15) is 28.9 Å². The number of nitrogens with zero attached hydrogens (tertiary/aromatic N) is 2. The van der Waals surface area contributed by atoms with Gasteiger partial charge in [0, 0.05) is 44.6 Å². The molecule has 0 aliphatic carbocycles. The van der Waals surface area contributed by atoms with E-state index in [0.717, 1.165) is 49.1 Å². The lowest BCUT2D eigenvalue weighted by Crippen LogP contribution is -2.38. The van der Waals surface area contributed by atoms with Gasteiger partial charge in [0.2, 0.25) is 0 Å². The Hall–Kier alpha value is -0.450. The fraction of sp³-hybridized carbons (Fsp3) is 0.750. The van der Waals surface area contributed by atoms with Crippen LogP contribution in [0.15, 0.2) is 4.99 Å². The Bertz CT molecular complexity index is 469. The molecular weight excluding hydrogens is 439 g/mol. The Labute approximate surface area is 166 Å². The predicted molar refractivity (Wildman–Crippen MR) is 112 cm³/mol. The second-order valence-corrected chi connectivity index (χ2v) is 6.43. The van der Waals surface area contributed by atoms with Crippen LogP contribution in [0.4, 0.5) is 0 Å². The SMILES string of the molecule is CCNC(=NCCCOCCOC)NCCc1sc(C)nc1C.I. The van der Waals surface area contributed by atoms with Crippen molar-refractivity contribution in [2.45, 2.75) is 33.6 Å². The summed E-state index contributed by atoms with van der Waals surface area (Å²) in [6, 6.07) is 0. The number of methoxy groups -OCH3 is 1. The number of aryl methyl sites for hydroxylation is 2. The van der Waals surface area contributed by atoms with Crippen LogP contribution in [0.3, 0.4) is 0 Å². The summed E-state index contributed by atoms with van der Waals surface area (Å²) in [5.74, 6) is 0.864. The smallest absolute Gasteiger partial charge is 0.191 e. The molecule has 2 N–H and O–H groups in total. The molecule has 140 valence electrons. The first kappa shape index (κ1) is 23.5. The fourth-order valence-corrected chi connectivity index (χ4v) is 2.98. The van der Waals surface area contributed by atoms with Gasteiger partial charge in [-0.15, -0.1) is 35.3 Å². The molecule has 0 amide bonds. The van der Waals surface area contributed by atoms with E-state index in [0.29, 0.717) is 19.8 Å². The van der Waals surface area contributed by atoms with E-state index >= 15 is 0 Å². The molecule has 0 aliphatic heterocycles. The minimum absolute atomic E-state index is 0. The number of hydrogen-bond donors (Lipinski definition) is 2. The first-order chi connectivity index (χ1) is 11.2. The van der Waals surface area contributed by atoms with Crippen LogP contribution in [0, 0.1) is 13.8 Å². The van der Waals surface area contributed by atoms with Crippen LogP contribution in [-0.2, 0) is 15.9 Å². The molecule has 0 saturated carbocycles.